The smallest absolute Gasteiger partial charge is 0.0858 e. The van der Waals surface area contributed by atoms with Crippen molar-refractivity contribution in [2.75, 3.05) is 6.61 Å². The third kappa shape index (κ3) is 3.09. The number of hydrogen-bond donors (Lipinski definition) is 2. The lowest BCUT2D eigenvalue weighted by Gasteiger charge is -2.35. The van der Waals surface area contributed by atoms with Crippen molar-refractivity contribution in [3.8, 4) is 0 Å². The van der Waals surface area contributed by atoms with Gasteiger partial charge >= 0.3 is 0 Å². The molecule has 0 spiro atoms. The molecule has 3 N–H and O–H groups in total. The van der Waals surface area contributed by atoms with Crippen molar-refractivity contribution in [1.82, 2.24) is 5.43 Å². The van der Waals surface area contributed by atoms with Crippen LogP contribution in [-0.4, -0.2) is 18.2 Å². The van der Waals surface area contributed by atoms with Crippen molar-refractivity contribution in [2.24, 2.45) is 5.84 Å². The first-order valence-corrected chi connectivity index (χ1v) is 7.05. The highest BCUT2D eigenvalue weighted by atomic mass is 16.5. The fourth-order valence-corrected chi connectivity index (χ4v) is 3.18. The Morgan fingerprint density at radius 2 is 2.12 bits per heavy atom. The van der Waals surface area contributed by atoms with Gasteiger partial charge in [-0.25, -0.2) is 0 Å². The minimum Gasteiger partial charge on any atom is -0.373 e. The predicted octanol–water partition coefficient (Wildman–Crippen LogP) is 2.67. The van der Waals surface area contributed by atoms with Crippen LogP contribution in [0.1, 0.15) is 58.3 Å². The number of nitrogens with two attached hydrogens (primary N) is 1. The third-order valence-electron chi connectivity index (χ3n) is 4.22. The highest BCUT2D eigenvalue weighted by Crippen LogP contribution is 2.34. The van der Waals surface area contributed by atoms with Crippen LogP contribution in [0.4, 0.5) is 0 Å². The standard InChI is InChI=1S/C14H26N2O/c1-14(10-7-11-17-14)13(16-15)12-8-5-3-2-4-6-9-12/h8,13,16H,2-7,9-11,15H2,1H3. The van der Waals surface area contributed by atoms with E-state index in [4.69, 9.17) is 10.6 Å². The van der Waals surface area contributed by atoms with E-state index in [1.807, 2.05) is 0 Å². The average molecular weight is 238 g/mol. The monoisotopic (exact) mass is 238 g/mol. The molecule has 2 rings (SSSR count). The molecule has 0 bridgehead atoms. The van der Waals surface area contributed by atoms with E-state index in [0.29, 0.717) is 0 Å². The van der Waals surface area contributed by atoms with Gasteiger partial charge in [0.2, 0.25) is 0 Å². The van der Waals surface area contributed by atoms with Crippen molar-refractivity contribution < 1.29 is 4.74 Å². The van der Waals surface area contributed by atoms with Gasteiger partial charge in [0, 0.05) is 6.61 Å². The Hall–Kier alpha value is -0.380. The fourth-order valence-electron chi connectivity index (χ4n) is 3.18. The van der Waals surface area contributed by atoms with Gasteiger partial charge in [0.15, 0.2) is 0 Å². The number of ether oxygens (including phenoxy) is 1. The second kappa shape index (κ2) is 5.98. The lowest BCUT2D eigenvalue weighted by atomic mass is 9.84. The predicted molar refractivity (Wildman–Crippen MR) is 70.5 cm³/mol. The zero-order valence-corrected chi connectivity index (χ0v) is 11.0. The molecule has 2 aliphatic rings. The van der Waals surface area contributed by atoms with Crippen LogP contribution in [0.3, 0.4) is 0 Å². The van der Waals surface area contributed by atoms with Crippen LogP contribution in [0.5, 0.6) is 0 Å². The molecule has 0 saturated carbocycles. The summed E-state index contributed by atoms with van der Waals surface area (Å²) in [5.74, 6) is 5.79. The highest BCUT2D eigenvalue weighted by molar-refractivity contribution is 5.18. The summed E-state index contributed by atoms with van der Waals surface area (Å²) in [6.07, 6.45) is 12.4. The Morgan fingerprint density at radius 1 is 1.29 bits per heavy atom. The first kappa shape index (κ1) is 13.1. The molecule has 1 heterocycles. The molecular formula is C14H26N2O. The molecular weight excluding hydrogens is 212 g/mol. The highest BCUT2D eigenvalue weighted by Gasteiger charge is 2.39. The molecule has 2 atom stereocenters. The first-order valence-electron chi connectivity index (χ1n) is 7.05. The molecule has 3 nitrogen and oxygen atoms in total. The van der Waals surface area contributed by atoms with Crippen molar-refractivity contribution in [1.29, 1.82) is 0 Å². The van der Waals surface area contributed by atoms with E-state index in [9.17, 15) is 0 Å². The molecule has 0 aromatic carbocycles. The van der Waals surface area contributed by atoms with Crippen LogP contribution in [0, 0.1) is 0 Å². The van der Waals surface area contributed by atoms with Gasteiger partial charge in [-0.1, -0.05) is 24.5 Å². The molecule has 0 radical (unpaired) electrons. The Morgan fingerprint density at radius 3 is 2.82 bits per heavy atom. The Balaban J connectivity index is 2.10. The second-order valence-corrected chi connectivity index (χ2v) is 5.60. The number of hydrazine groups is 1. The number of rotatable bonds is 3. The molecule has 2 unspecified atom stereocenters. The minimum atomic E-state index is -0.0974. The zero-order chi connectivity index (χ0) is 12.1. The van der Waals surface area contributed by atoms with E-state index in [1.54, 1.807) is 0 Å². The van der Waals surface area contributed by atoms with Crippen molar-refractivity contribution in [3.05, 3.63) is 11.6 Å². The molecule has 1 aliphatic carbocycles. The van der Waals surface area contributed by atoms with Gasteiger partial charge in [-0.15, -0.1) is 0 Å². The average Bonchev–Trinajstić information content (AvgIpc) is 2.70. The van der Waals surface area contributed by atoms with Crippen LogP contribution in [0.25, 0.3) is 0 Å². The van der Waals surface area contributed by atoms with E-state index in [1.165, 1.54) is 44.1 Å². The summed E-state index contributed by atoms with van der Waals surface area (Å²) in [6.45, 7) is 3.08. The van der Waals surface area contributed by atoms with Crippen molar-refractivity contribution >= 4 is 0 Å². The zero-order valence-electron chi connectivity index (χ0n) is 11.0. The first-order chi connectivity index (χ1) is 8.26. The summed E-state index contributed by atoms with van der Waals surface area (Å²) in [6, 6.07) is 0.197. The van der Waals surface area contributed by atoms with E-state index in [-0.39, 0.29) is 11.6 Å². The van der Waals surface area contributed by atoms with E-state index < -0.39 is 0 Å². The van der Waals surface area contributed by atoms with Crippen LogP contribution >= 0.6 is 0 Å². The van der Waals surface area contributed by atoms with Gasteiger partial charge < -0.3 is 4.74 Å². The van der Waals surface area contributed by atoms with Crippen molar-refractivity contribution in [2.45, 2.75) is 69.9 Å². The summed E-state index contributed by atoms with van der Waals surface area (Å²) in [4.78, 5) is 0. The summed E-state index contributed by atoms with van der Waals surface area (Å²) in [5.41, 5.74) is 4.38. The lowest BCUT2D eigenvalue weighted by Crippen LogP contribution is -2.52. The van der Waals surface area contributed by atoms with E-state index in [2.05, 4.69) is 18.4 Å². The largest absolute Gasteiger partial charge is 0.373 e. The van der Waals surface area contributed by atoms with E-state index >= 15 is 0 Å². The Kier molecular flexibility index (Phi) is 4.60. The van der Waals surface area contributed by atoms with Gasteiger partial charge in [0.25, 0.3) is 0 Å². The molecule has 1 saturated heterocycles. The second-order valence-electron chi connectivity index (χ2n) is 5.60. The maximum Gasteiger partial charge on any atom is 0.0858 e. The molecule has 1 fully saturated rings. The summed E-state index contributed by atoms with van der Waals surface area (Å²) < 4.78 is 5.94. The molecule has 0 aromatic rings. The maximum absolute atomic E-state index is 5.94. The van der Waals surface area contributed by atoms with Gasteiger partial charge in [0.05, 0.1) is 11.6 Å². The molecule has 17 heavy (non-hydrogen) atoms. The Labute approximate surface area is 105 Å². The van der Waals surface area contributed by atoms with Gasteiger partial charge in [-0.05, 0) is 45.4 Å². The van der Waals surface area contributed by atoms with E-state index in [0.717, 1.165) is 19.4 Å². The molecule has 0 amide bonds. The van der Waals surface area contributed by atoms with Gasteiger partial charge in [0.1, 0.15) is 0 Å². The lowest BCUT2D eigenvalue weighted by molar-refractivity contribution is -0.00267. The minimum absolute atomic E-state index is 0.0974. The van der Waals surface area contributed by atoms with Crippen molar-refractivity contribution in [3.63, 3.8) is 0 Å². The number of nitrogens with one attached hydrogen (secondary N) is 1. The fraction of sp³-hybridized carbons (Fsp3) is 0.857. The van der Waals surface area contributed by atoms with Crippen LogP contribution in [0.2, 0.25) is 0 Å². The van der Waals surface area contributed by atoms with Gasteiger partial charge in [-0.3, -0.25) is 11.3 Å². The van der Waals surface area contributed by atoms with Gasteiger partial charge in [-0.2, -0.15) is 0 Å². The van der Waals surface area contributed by atoms with Crippen LogP contribution in [-0.2, 0) is 4.74 Å². The molecule has 1 aliphatic heterocycles. The normalized spacial score (nSPS) is 32.7. The third-order valence-corrected chi connectivity index (χ3v) is 4.22. The van der Waals surface area contributed by atoms with Crippen LogP contribution < -0.4 is 11.3 Å². The number of hydrogen-bond acceptors (Lipinski definition) is 3. The molecule has 98 valence electrons. The topological polar surface area (TPSA) is 47.3 Å². The summed E-state index contributed by atoms with van der Waals surface area (Å²) >= 11 is 0. The molecule has 0 aromatic heterocycles. The summed E-state index contributed by atoms with van der Waals surface area (Å²) in [5, 5.41) is 0. The quantitative estimate of drug-likeness (QED) is 0.451. The SMILES string of the molecule is CC1(C(NN)C2=CCCCCCC2)CCCO1. The number of allylic oxidation sites excluding steroid dienone is 1. The van der Waals surface area contributed by atoms with Crippen LogP contribution in [0.15, 0.2) is 11.6 Å². The summed E-state index contributed by atoms with van der Waals surface area (Å²) in [7, 11) is 0. The maximum atomic E-state index is 5.94. The Bertz CT molecular complexity index is 269. The molecule has 3 heteroatoms.